The number of rotatable bonds is 4. The molecule has 0 N–H and O–H groups in total. The van der Waals surface area contributed by atoms with Crippen LogP contribution < -0.4 is 0 Å². The molecule has 1 heterocycles. The summed E-state index contributed by atoms with van der Waals surface area (Å²) in [5.74, 6) is -1.21. The molecule has 21 heavy (non-hydrogen) atoms. The van der Waals surface area contributed by atoms with Gasteiger partial charge >= 0.3 is 6.18 Å². The van der Waals surface area contributed by atoms with Gasteiger partial charge in [-0.05, 0) is 6.07 Å². The third-order valence-corrected chi connectivity index (χ3v) is 4.71. The summed E-state index contributed by atoms with van der Waals surface area (Å²) in [5, 5.41) is 0.612. The number of alkyl halides is 3. The summed E-state index contributed by atoms with van der Waals surface area (Å²) in [7, 11) is -3.17. The van der Waals surface area contributed by atoms with E-state index in [1.165, 1.54) is 6.07 Å². The number of benzene rings is 1. The van der Waals surface area contributed by atoms with Gasteiger partial charge in [0, 0.05) is 17.4 Å². The molecule has 0 fully saturated rings. The molecule has 0 aliphatic rings. The molecule has 0 spiro atoms. The molecule has 4 nitrogen and oxygen atoms in total. The number of hydrogen-bond acceptors (Lipinski definition) is 5. The third-order valence-electron chi connectivity index (χ3n) is 2.51. The average Bonchev–Trinajstić information content (AvgIpc) is 2.36. The number of thioether (sulfide) groups is 1. The number of sulfone groups is 1. The normalized spacial score (nSPS) is 12.8. The molecule has 0 radical (unpaired) electrons. The van der Waals surface area contributed by atoms with E-state index >= 15 is 0 Å². The molecule has 0 saturated carbocycles. The predicted molar refractivity (Wildman–Crippen MR) is 75.0 cm³/mol. The third kappa shape index (κ3) is 4.31. The Morgan fingerprint density at radius 1 is 1.19 bits per heavy atom. The first-order valence-electron chi connectivity index (χ1n) is 5.81. The highest BCUT2D eigenvalue weighted by Gasteiger charge is 2.35. The summed E-state index contributed by atoms with van der Waals surface area (Å²) in [6, 6.07) is 6.32. The van der Waals surface area contributed by atoms with E-state index in [4.69, 9.17) is 0 Å². The molecular formula is C12H11F3N2O2S2. The number of hydrogen-bond donors (Lipinski definition) is 0. The predicted octanol–water partition coefficient (Wildman–Crippen LogP) is 2.79. The Labute approximate surface area is 123 Å². The lowest BCUT2D eigenvalue weighted by Crippen LogP contribution is -2.12. The van der Waals surface area contributed by atoms with Gasteiger partial charge in [-0.1, -0.05) is 18.2 Å². The van der Waals surface area contributed by atoms with E-state index in [9.17, 15) is 21.6 Å². The zero-order valence-electron chi connectivity index (χ0n) is 10.9. The molecule has 9 heteroatoms. The van der Waals surface area contributed by atoms with E-state index in [0.29, 0.717) is 5.39 Å². The number of aromatic nitrogens is 2. The molecule has 2 rings (SSSR count). The van der Waals surface area contributed by atoms with E-state index in [1.54, 1.807) is 18.2 Å². The molecule has 0 aliphatic carbocycles. The molecule has 0 atom stereocenters. The van der Waals surface area contributed by atoms with Crippen molar-refractivity contribution in [3.8, 4) is 0 Å². The number of fused-ring (bicyclic) bond motifs is 1. The number of nitrogens with zero attached hydrogens (tertiary/aromatic N) is 2. The van der Waals surface area contributed by atoms with Crippen LogP contribution in [0.25, 0.3) is 10.9 Å². The Kier molecular flexibility index (Phi) is 4.43. The Balaban J connectivity index is 2.40. The molecule has 114 valence electrons. The van der Waals surface area contributed by atoms with Gasteiger partial charge in [0.1, 0.15) is 14.9 Å². The van der Waals surface area contributed by atoms with E-state index in [2.05, 4.69) is 9.97 Å². The summed E-state index contributed by atoms with van der Waals surface area (Å²) < 4.78 is 60.5. The molecule has 0 amide bonds. The van der Waals surface area contributed by atoms with Crippen LogP contribution in [-0.2, 0) is 16.0 Å². The van der Waals surface area contributed by atoms with Crippen LogP contribution in [-0.4, -0.2) is 36.1 Å². The van der Waals surface area contributed by atoms with Gasteiger partial charge in [-0.3, -0.25) is 0 Å². The fourth-order valence-electron chi connectivity index (χ4n) is 1.57. The zero-order valence-corrected chi connectivity index (χ0v) is 12.5. The highest BCUT2D eigenvalue weighted by Crippen LogP contribution is 2.31. The topological polar surface area (TPSA) is 59.9 Å². The van der Waals surface area contributed by atoms with Gasteiger partial charge in [0.05, 0.1) is 11.3 Å². The van der Waals surface area contributed by atoms with E-state index in [-0.39, 0.29) is 22.0 Å². The minimum atomic E-state index is -4.64. The van der Waals surface area contributed by atoms with Crippen LogP contribution in [0, 0.1) is 0 Å². The first-order chi connectivity index (χ1) is 9.67. The molecule has 1 aromatic carbocycles. The second-order valence-corrected chi connectivity index (χ2v) is 7.69. The van der Waals surface area contributed by atoms with Gasteiger partial charge in [0.2, 0.25) is 5.82 Å². The van der Waals surface area contributed by atoms with Gasteiger partial charge in [-0.25, -0.2) is 18.4 Å². The van der Waals surface area contributed by atoms with Crippen molar-refractivity contribution in [3.63, 3.8) is 0 Å². The second-order valence-electron chi connectivity index (χ2n) is 4.35. The summed E-state index contributed by atoms with van der Waals surface area (Å²) in [5.41, 5.74) is 0.182. The Morgan fingerprint density at radius 3 is 2.48 bits per heavy atom. The van der Waals surface area contributed by atoms with Crippen LogP contribution >= 0.6 is 11.8 Å². The van der Waals surface area contributed by atoms with Crippen molar-refractivity contribution in [2.75, 3.05) is 17.8 Å². The van der Waals surface area contributed by atoms with Gasteiger partial charge in [0.25, 0.3) is 0 Å². The minimum absolute atomic E-state index is 0.128. The summed E-state index contributed by atoms with van der Waals surface area (Å²) in [6.45, 7) is 0. The van der Waals surface area contributed by atoms with Crippen molar-refractivity contribution in [2.45, 2.75) is 11.2 Å². The maximum absolute atomic E-state index is 12.8. The monoisotopic (exact) mass is 336 g/mol. The minimum Gasteiger partial charge on any atom is -0.229 e. The molecule has 0 unspecified atom stereocenters. The smallest absolute Gasteiger partial charge is 0.229 e. The van der Waals surface area contributed by atoms with Crippen LogP contribution in [0.3, 0.4) is 0 Å². The Hall–Kier alpha value is -1.35. The fraction of sp³-hybridized carbons (Fsp3) is 0.333. The van der Waals surface area contributed by atoms with Gasteiger partial charge in [-0.15, -0.1) is 11.8 Å². The quantitative estimate of drug-likeness (QED) is 0.635. The Morgan fingerprint density at radius 2 is 1.86 bits per heavy atom. The molecular weight excluding hydrogens is 325 g/mol. The van der Waals surface area contributed by atoms with E-state index in [0.717, 1.165) is 18.0 Å². The number of para-hydroxylation sites is 1. The van der Waals surface area contributed by atoms with Crippen LogP contribution in [0.2, 0.25) is 0 Å². The second kappa shape index (κ2) is 5.80. The van der Waals surface area contributed by atoms with Crippen molar-refractivity contribution in [3.05, 3.63) is 30.1 Å². The highest BCUT2D eigenvalue weighted by molar-refractivity contribution is 8.00. The van der Waals surface area contributed by atoms with Gasteiger partial charge in [-0.2, -0.15) is 13.2 Å². The fourth-order valence-corrected chi connectivity index (χ4v) is 3.79. The first-order valence-corrected chi connectivity index (χ1v) is 8.86. The van der Waals surface area contributed by atoms with E-state index < -0.39 is 21.8 Å². The van der Waals surface area contributed by atoms with Gasteiger partial charge < -0.3 is 0 Å². The first kappa shape index (κ1) is 16.0. The van der Waals surface area contributed by atoms with Crippen molar-refractivity contribution in [2.24, 2.45) is 0 Å². The molecule has 1 aromatic heterocycles. The highest BCUT2D eigenvalue weighted by atomic mass is 32.2. The van der Waals surface area contributed by atoms with Crippen LogP contribution in [0.1, 0.15) is 5.82 Å². The van der Waals surface area contributed by atoms with Crippen LogP contribution in [0.5, 0.6) is 0 Å². The summed E-state index contributed by atoms with van der Waals surface area (Å²) in [6.07, 6.45) is -3.57. The van der Waals surface area contributed by atoms with Crippen molar-refractivity contribution < 1.29 is 21.6 Å². The number of halogens is 3. The van der Waals surface area contributed by atoms with Crippen LogP contribution in [0.15, 0.2) is 29.3 Å². The molecule has 0 saturated heterocycles. The Bertz CT molecular complexity index is 761. The standard InChI is InChI=1S/C12H11F3N2O2S2/c1-21(18,19)7-6-20-10-8-4-2-3-5-9(8)16-11(17-10)12(13,14)15/h2-5H,6-7H2,1H3. The van der Waals surface area contributed by atoms with Crippen LogP contribution in [0.4, 0.5) is 13.2 Å². The summed E-state index contributed by atoms with van der Waals surface area (Å²) >= 11 is 0.977. The van der Waals surface area contributed by atoms with E-state index in [1.807, 2.05) is 0 Å². The zero-order chi connectivity index (χ0) is 15.7. The molecule has 2 aromatic rings. The molecule has 0 bridgehead atoms. The average molecular weight is 336 g/mol. The van der Waals surface area contributed by atoms with Crippen molar-refractivity contribution in [1.29, 1.82) is 0 Å². The van der Waals surface area contributed by atoms with Crippen molar-refractivity contribution in [1.82, 2.24) is 9.97 Å². The maximum atomic E-state index is 12.8. The maximum Gasteiger partial charge on any atom is 0.451 e. The van der Waals surface area contributed by atoms with Crippen molar-refractivity contribution >= 4 is 32.5 Å². The van der Waals surface area contributed by atoms with Gasteiger partial charge in [0.15, 0.2) is 0 Å². The lowest BCUT2D eigenvalue weighted by molar-refractivity contribution is -0.145. The lowest BCUT2D eigenvalue weighted by atomic mass is 10.2. The summed E-state index contributed by atoms with van der Waals surface area (Å²) in [4.78, 5) is 7.02. The molecule has 0 aliphatic heterocycles. The SMILES string of the molecule is CS(=O)(=O)CCSc1nc(C(F)(F)F)nc2ccccc12. The largest absolute Gasteiger partial charge is 0.451 e. The lowest BCUT2D eigenvalue weighted by Gasteiger charge is -2.10.